The van der Waals surface area contributed by atoms with Gasteiger partial charge in [0.05, 0.1) is 16.3 Å². The summed E-state index contributed by atoms with van der Waals surface area (Å²) in [5.41, 5.74) is 0.0473. The number of hydrogen-bond acceptors (Lipinski definition) is 3. The van der Waals surface area contributed by atoms with Crippen molar-refractivity contribution in [1.29, 1.82) is 0 Å². The van der Waals surface area contributed by atoms with Crippen LogP contribution in [-0.2, 0) is 12.7 Å². The zero-order valence-electron chi connectivity index (χ0n) is 14.3. The first-order valence-corrected chi connectivity index (χ1v) is 8.75. The lowest BCUT2D eigenvalue weighted by Gasteiger charge is -2.34. The van der Waals surface area contributed by atoms with E-state index >= 15 is 0 Å². The number of nitrogens with one attached hydrogen (secondary N) is 1. The Morgan fingerprint density at radius 3 is 2.52 bits per heavy atom. The molecule has 1 saturated heterocycles. The van der Waals surface area contributed by atoms with E-state index in [1.807, 2.05) is 18.2 Å². The third-order valence-electron chi connectivity index (χ3n) is 4.29. The zero-order chi connectivity index (χ0) is 19.4. The van der Waals surface area contributed by atoms with Crippen molar-refractivity contribution in [3.8, 4) is 0 Å². The molecule has 1 fully saturated rings. The molecule has 0 atom stereocenters. The molecule has 9 heteroatoms. The summed E-state index contributed by atoms with van der Waals surface area (Å²) in [7, 11) is 0. The first-order chi connectivity index (χ1) is 12.8. The summed E-state index contributed by atoms with van der Waals surface area (Å²) in [5.74, 6) is 0. The molecule has 0 bridgehead atoms. The largest absolute Gasteiger partial charge is 0.417 e. The SMILES string of the molecule is O=C(Nc1ccc(Cl)c(C(F)(F)F)c1)N1CCN(Cc2ccccn2)CC1. The lowest BCUT2D eigenvalue weighted by atomic mass is 10.2. The van der Waals surface area contributed by atoms with Gasteiger partial charge in [-0.15, -0.1) is 0 Å². The van der Waals surface area contributed by atoms with E-state index < -0.39 is 22.8 Å². The molecule has 27 heavy (non-hydrogen) atoms. The number of amides is 2. The number of carbonyl (C=O) groups is 1. The van der Waals surface area contributed by atoms with E-state index in [9.17, 15) is 18.0 Å². The van der Waals surface area contributed by atoms with Crippen molar-refractivity contribution in [2.24, 2.45) is 0 Å². The Morgan fingerprint density at radius 2 is 1.89 bits per heavy atom. The molecule has 144 valence electrons. The molecule has 5 nitrogen and oxygen atoms in total. The van der Waals surface area contributed by atoms with Crippen LogP contribution in [0.2, 0.25) is 5.02 Å². The predicted molar refractivity (Wildman–Crippen MR) is 96.6 cm³/mol. The van der Waals surface area contributed by atoms with E-state index in [-0.39, 0.29) is 5.69 Å². The van der Waals surface area contributed by atoms with Gasteiger partial charge >= 0.3 is 12.2 Å². The number of alkyl halides is 3. The van der Waals surface area contributed by atoms with Crippen molar-refractivity contribution < 1.29 is 18.0 Å². The highest BCUT2D eigenvalue weighted by Crippen LogP contribution is 2.36. The van der Waals surface area contributed by atoms with E-state index in [1.165, 1.54) is 6.07 Å². The Hall–Kier alpha value is -2.32. The molecule has 1 aliphatic rings. The number of urea groups is 1. The molecule has 0 spiro atoms. The Labute approximate surface area is 159 Å². The Morgan fingerprint density at radius 1 is 1.15 bits per heavy atom. The topological polar surface area (TPSA) is 48.5 Å². The first-order valence-electron chi connectivity index (χ1n) is 8.38. The number of nitrogens with zero attached hydrogens (tertiary/aromatic N) is 3. The van der Waals surface area contributed by atoms with Gasteiger partial charge in [0.1, 0.15) is 0 Å². The third kappa shape index (κ3) is 5.11. The third-order valence-corrected chi connectivity index (χ3v) is 4.62. The van der Waals surface area contributed by atoms with Gasteiger partial charge in [-0.3, -0.25) is 9.88 Å². The van der Waals surface area contributed by atoms with Crippen LogP contribution in [0.5, 0.6) is 0 Å². The first kappa shape index (κ1) is 19.4. The van der Waals surface area contributed by atoms with Gasteiger partial charge in [0.15, 0.2) is 0 Å². The summed E-state index contributed by atoms with van der Waals surface area (Å²) in [6.07, 6.45) is -2.84. The van der Waals surface area contributed by atoms with Crippen LogP contribution < -0.4 is 5.32 Å². The predicted octanol–water partition coefficient (Wildman–Crippen LogP) is 4.10. The van der Waals surface area contributed by atoms with Crippen LogP contribution in [0.4, 0.5) is 23.7 Å². The molecule has 0 saturated carbocycles. The van der Waals surface area contributed by atoms with Crippen molar-refractivity contribution in [2.45, 2.75) is 12.7 Å². The number of aromatic nitrogens is 1. The molecule has 1 N–H and O–H groups in total. The van der Waals surface area contributed by atoms with Gasteiger partial charge in [-0.25, -0.2) is 4.79 Å². The molecule has 2 heterocycles. The van der Waals surface area contributed by atoms with E-state index in [2.05, 4.69) is 15.2 Å². The maximum absolute atomic E-state index is 12.9. The normalized spacial score (nSPS) is 15.6. The summed E-state index contributed by atoms with van der Waals surface area (Å²) < 4.78 is 38.8. The van der Waals surface area contributed by atoms with Gasteiger partial charge < -0.3 is 10.2 Å². The molecule has 0 radical (unpaired) electrons. The highest BCUT2D eigenvalue weighted by atomic mass is 35.5. The van der Waals surface area contributed by atoms with Gasteiger partial charge in [0.2, 0.25) is 0 Å². The second kappa shape index (κ2) is 8.14. The lowest BCUT2D eigenvalue weighted by molar-refractivity contribution is -0.137. The maximum atomic E-state index is 12.9. The standard InChI is InChI=1S/C18H18ClF3N4O/c19-16-5-4-13(11-15(16)18(20,21)22)24-17(27)26-9-7-25(8-10-26)12-14-3-1-2-6-23-14/h1-6,11H,7-10,12H2,(H,24,27). The Kier molecular flexibility index (Phi) is 5.86. The minimum absolute atomic E-state index is 0.0626. The van der Waals surface area contributed by atoms with Gasteiger partial charge in [-0.05, 0) is 30.3 Å². The monoisotopic (exact) mass is 398 g/mol. The van der Waals surface area contributed by atoms with Crippen LogP contribution in [0.25, 0.3) is 0 Å². The van der Waals surface area contributed by atoms with E-state index in [4.69, 9.17) is 11.6 Å². The molecular formula is C18H18ClF3N4O. The van der Waals surface area contributed by atoms with E-state index in [0.717, 1.165) is 17.8 Å². The molecule has 0 aliphatic carbocycles. The lowest BCUT2D eigenvalue weighted by Crippen LogP contribution is -2.49. The summed E-state index contributed by atoms with van der Waals surface area (Å²) in [5, 5.41) is 2.11. The van der Waals surface area contributed by atoms with Crippen molar-refractivity contribution >= 4 is 23.3 Å². The average molecular weight is 399 g/mol. The molecule has 2 amide bonds. The number of anilines is 1. The second-order valence-corrected chi connectivity index (χ2v) is 6.61. The van der Waals surface area contributed by atoms with Crippen LogP contribution in [-0.4, -0.2) is 47.0 Å². The molecule has 3 rings (SSSR count). The highest BCUT2D eigenvalue weighted by molar-refractivity contribution is 6.31. The van der Waals surface area contributed by atoms with Gasteiger partial charge in [0.25, 0.3) is 0 Å². The van der Waals surface area contributed by atoms with E-state index in [0.29, 0.717) is 32.7 Å². The van der Waals surface area contributed by atoms with E-state index in [1.54, 1.807) is 11.1 Å². The number of piperazine rings is 1. The molecule has 2 aromatic rings. The highest BCUT2D eigenvalue weighted by Gasteiger charge is 2.33. The molecule has 1 aromatic heterocycles. The van der Waals surface area contributed by atoms with Gasteiger partial charge in [0, 0.05) is 44.6 Å². The summed E-state index contributed by atoms with van der Waals surface area (Å²) in [4.78, 5) is 20.4. The van der Waals surface area contributed by atoms with Crippen LogP contribution in [0.1, 0.15) is 11.3 Å². The van der Waals surface area contributed by atoms with Crippen molar-refractivity contribution in [2.75, 3.05) is 31.5 Å². The van der Waals surface area contributed by atoms with Crippen LogP contribution in [0.3, 0.4) is 0 Å². The van der Waals surface area contributed by atoms with Crippen LogP contribution >= 0.6 is 11.6 Å². The molecule has 0 unspecified atom stereocenters. The maximum Gasteiger partial charge on any atom is 0.417 e. The number of halogens is 4. The molecular weight excluding hydrogens is 381 g/mol. The number of benzene rings is 1. The number of hydrogen-bond donors (Lipinski definition) is 1. The van der Waals surface area contributed by atoms with Crippen molar-refractivity contribution in [1.82, 2.24) is 14.8 Å². The summed E-state index contributed by atoms with van der Waals surface area (Å²) in [6.45, 7) is 3.00. The minimum Gasteiger partial charge on any atom is -0.322 e. The van der Waals surface area contributed by atoms with Gasteiger partial charge in [-0.2, -0.15) is 13.2 Å². The van der Waals surface area contributed by atoms with Crippen LogP contribution in [0.15, 0.2) is 42.6 Å². The number of carbonyl (C=O) groups excluding carboxylic acids is 1. The fourth-order valence-corrected chi connectivity index (χ4v) is 3.08. The summed E-state index contributed by atoms with van der Waals surface area (Å²) in [6, 6.07) is 8.62. The quantitative estimate of drug-likeness (QED) is 0.846. The fourth-order valence-electron chi connectivity index (χ4n) is 2.85. The minimum atomic E-state index is -4.57. The number of pyridine rings is 1. The molecule has 1 aliphatic heterocycles. The zero-order valence-corrected chi connectivity index (χ0v) is 15.1. The average Bonchev–Trinajstić information content (AvgIpc) is 2.64. The molecule has 1 aromatic carbocycles. The smallest absolute Gasteiger partial charge is 0.322 e. The summed E-state index contributed by atoms with van der Waals surface area (Å²) >= 11 is 5.59. The van der Waals surface area contributed by atoms with Crippen molar-refractivity contribution in [3.63, 3.8) is 0 Å². The van der Waals surface area contributed by atoms with Gasteiger partial charge in [-0.1, -0.05) is 17.7 Å². The second-order valence-electron chi connectivity index (χ2n) is 6.21. The Bertz CT molecular complexity index is 793. The number of rotatable bonds is 3. The van der Waals surface area contributed by atoms with Crippen molar-refractivity contribution in [3.05, 3.63) is 58.9 Å². The Balaban J connectivity index is 1.55. The fraction of sp³-hybridized carbons (Fsp3) is 0.333. The van der Waals surface area contributed by atoms with Crippen LogP contribution in [0, 0.1) is 0 Å².